The normalized spacial score (nSPS) is 26.9. The van der Waals surface area contributed by atoms with Crippen LogP contribution in [0.2, 0.25) is 5.02 Å². The van der Waals surface area contributed by atoms with Gasteiger partial charge in [-0.1, -0.05) is 49.2 Å². The van der Waals surface area contributed by atoms with Gasteiger partial charge >= 0.3 is 0 Å². The average molecular weight is 401 g/mol. The minimum atomic E-state index is -0.454. The molecule has 148 valence electrons. The number of benzene rings is 2. The monoisotopic (exact) mass is 400 g/mol. The number of unbranched alkanes of at least 4 members (excludes halogenated alkanes) is 1. The second-order valence-electron chi connectivity index (χ2n) is 8.30. The maximum atomic E-state index is 14.4. The summed E-state index contributed by atoms with van der Waals surface area (Å²) in [6, 6.07) is 10.8. The SMILES string of the molecule is CCC/C=C/[C@@H]1CC[C@H]2c3cc(F)cc(F)c3CC[C@@H]2[C@H]1c1ccc(Cl)cc1. The Labute approximate surface area is 171 Å². The maximum Gasteiger partial charge on any atom is 0.129 e. The average Bonchev–Trinajstić information content (AvgIpc) is 2.68. The topological polar surface area (TPSA) is 0 Å². The first-order chi connectivity index (χ1) is 13.6. The number of hydrogen-bond donors (Lipinski definition) is 0. The van der Waals surface area contributed by atoms with Gasteiger partial charge in [-0.3, -0.25) is 0 Å². The standard InChI is InChI=1S/C25H27ClF2/c1-2-3-4-5-16-8-11-20-22(25(16)17-6-9-18(26)10-7-17)13-12-21-23(20)14-19(27)15-24(21)28/h4-7,9-10,14-16,20,22,25H,2-3,8,11-13H2,1H3/b5-4+/t16-,20-,22+,25-/m1/s1. The molecule has 0 saturated heterocycles. The Kier molecular flexibility index (Phi) is 5.87. The van der Waals surface area contributed by atoms with Crippen molar-refractivity contribution in [3.05, 3.63) is 81.9 Å². The van der Waals surface area contributed by atoms with Crippen molar-refractivity contribution in [3.63, 3.8) is 0 Å². The summed E-state index contributed by atoms with van der Waals surface area (Å²) in [5.74, 6) is 0.634. The van der Waals surface area contributed by atoms with Crippen molar-refractivity contribution in [1.29, 1.82) is 0 Å². The van der Waals surface area contributed by atoms with Crippen LogP contribution >= 0.6 is 11.6 Å². The molecule has 0 aromatic heterocycles. The van der Waals surface area contributed by atoms with E-state index in [1.165, 1.54) is 5.56 Å². The number of allylic oxidation sites excluding steroid dienone is 2. The molecule has 2 aliphatic carbocycles. The molecular formula is C25H27ClF2. The molecule has 28 heavy (non-hydrogen) atoms. The fourth-order valence-electron chi connectivity index (χ4n) is 5.46. The summed E-state index contributed by atoms with van der Waals surface area (Å²) in [6.07, 6.45) is 10.6. The van der Waals surface area contributed by atoms with E-state index < -0.39 is 5.82 Å². The van der Waals surface area contributed by atoms with E-state index in [-0.39, 0.29) is 11.7 Å². The molecule has 0 amide bonds. The third-order valence-electron chi connectivity index (χ3n) is 6.67. The number of rotatable bonds is 4. The molecule has 0 heterocycles. The van der Waals surface area contributed by atoms with Crippen LogP contribution in [0.1, 0.15) is 67.6 Å². The van der Waals surface area contributed by atoms with E-state index in [0.717, 1.165) is 54.3 Å². The predicted octanol–water partition coefficient (Wildman–Crippen LogP) is 7.81. The minimum Gasteiger partial charge on any atom is -0.207 e. The Morgan fingerprint density at radius 2 is 1.86 bits per heavy atom. The highest BCUT2D eigenvalue weighted by Crippen LogP contribution is 2.54. The molecule has 0 unspecified atom stereocenters. The lowest BCUT2D eigenvalue weighted by Gasteiger charge is -2.46. The fourth-order valence-corrected chi connectivity index (χ4v) is 5.59. The molecule has 2 aromatic rings. The molecule has 0 radical (unpaired) electrons. The van der Waals surface area contributed by atoms with Crippen molar-refractivity contribution < 1.29 is 8.78 Å². The number of halogens is 3. The first-order valence-electron chi connectivity index (χ1n) is 10.5. The lowest BCUT2D eigenvalue weighted by Crippen LogP contribution is -2.35. The lowest BCUT2D eigenvalue weighted by molar-refractivity contribution is 0.194. The van der Waals surface area contributed by atoms with Crippen molar-refractivity contribution in [1.82, 2.24) is 0 Å². The molecule has 1 fully saturated rings. The molecule has 3 heteroatoms. The van der Waals surface area contributed by atoms with E-state index in [2.05, 4.69) is 31.2 Å². The van der Waals surface area contributed by atoms with Crippen LogP contribution in [0.4, 0.5) is 8.78 Å². The van der Waals surface area contributed by atoms with Crippen LogP contribution in [0, 0.1) is 23.5 Å². The summed E-state index contributed by atoms with van der Waals surface area (Å²) in [6.45, 7) is 2.19. The summed E-state index contributed by atoms with van der Waals surface area (Å²) in [5, 5.41) is 0.743. The Hall–Kier alpha value is -1.67. The summed E-state index contributed by atoms with van der Waals surface area (Å²) in [7, 11) is 0. The third-order valence-corrected chi connectivity index (χ3v) is 6.92. The summed E-state index contributed by atoms with van der Waals surface area (Å²) in [4.78, 5) is 0. The van der Waals surface area contributed by atoms with Crippen LogP contribution in [-0.2, 0) is 6.42 Å². The molecule has 0 spiro atoms. The zero-order valence-electron chi connectivity index (χ0n) is 16.3. The maximum absolute atomic E-state index is 14.4. The molecule has 2 aromatic carbocycles. The van der Waals surface area contributed by atoms with Gasteiger partial charge in [-0.2, -0.15) is 0 Å². The quantitative estimate of drug-likeness (QED) is 0.459. The van der Waals surface area contributed by atoms with E-state index in [9.17, 15) is 8.78 Å². The Morgan fingerprint density at radius 3 is 2.61 bits per heavy atom. The van der Waals surface area contributed by atoms with E-state index in [1.807, 2.05) is 12.1 Å². The van der Waals surface area contributed by atoms with Gasteiger partial charge in [0.2, 0.25) is 0 Å². The van der Waals surface area contributed by atoms with Gasteiger partial charge in [0.15, 0.2) is 0 Å². The number of fused-ring (bicyclic) bond motifs is 3. The summed E-state index contributed by atoms with van der Waals surface area (Å²) >= 11 is 6.13. The van der Waals surface area contributed by atoms with Gasteiger partial charge in [0.05, 0.1) is 0 Å². The second-order valence-corrected chi connectivity index (χ2v) is 8.74. The molecule has 1 saturated carbocycles. The van der Waals surface area contributed by atoms with Crippen molar-refractivity contribution >= 4 is 11.6 Å². The van der Waals surface area contributed by atoms with Gasteiger partial charge in [0.25, 0.3) is 0 Å². The van der Waals surface area contributed by atoms with Crippen molar-refractivity contribution in [2.45, 2.75) is 57.3 Å². The molecule has 0 bridgehead atoms. The molecule has 0 aliphatic heterocycles. The largest absolute Gasteiger partial charge is 0.207 e. The van der Waals surface area contributed by atoms with Crippen LogP contribution < -0.4 is 0 Å². The highest BCUT2D eigenvalue weighted by atomic mass is 35.5. The fraction of sp³-hybridized carbons (Fsp3) is 0.440. The first-order valence-corrected chi connectivity index (χ1v) is 10.9. The van der Waals surface area contributed by atoms with Gasteiger partial charge < -0.3 is 0 Å². The van der Waals surface area contributed by atoms with E-state index in [1.54, 1.807) is 6.07 Å². The second kappa shape index (κ2) is 8.37. The van der Waals surface area contributed by atoms with E-state index in [0.29, 0.717) is 24.2 Å². The van der Waals surface area contributed by atoms with Gasteiger partial charge in [-0.15, -0.1) is 0 Å². The predicted molar refractivity (Wildman–Crippen MR) is 112 cm³/mol. The molecule has 4 rings (SSSR count). The van der Waals surface area contributed by atoms with Crippen LogP contribution in [-0.4, -0.2) is 0 Å². The van der Waals surface area contributed by atoms with E-state index in [4.69, 9.17) is 11.6 Å². The molecule has 2 aliphatic rings. The van der Waals surface area contributed by atoms with Gasteiger partial charge in [0, 0.05) is 11.1 Å². The Balaban J connectivity index is 1.73. The highest BCUT2D eigenvalue weighted by molar-refractivity contribution is 6.30. The zero-order valence-corrected chi connectivity index (χ0v) is 17.1. The van der Waals surface area contributed by atoms with Gasteiger partial charge in [-0.05, 0) is 90.7 Å². The smallest absolute Gasteiger partial charge is 0.129 e. The van der Waals surface area contributed by atoms with Crippen molar-refractivity contribution in [3.8, 4) is 0 Å². The van der Waals surface area contributed by atoms with Crippen LogP contribution in [0.25, 0.3) is 0 Å². The molecule has 4 atom stereocenters. The van der Waals surface area contributed by atoms with Crippen LogP contribution in [0.5, 0.6) is 0 Å². The Bertz CT molecular complexity index is 856. The van der Waals surface area contributed by atoms with Crippen molar-refractivity contribution in [2.75, 3.05) is 0 Å². The third kappa shape index (κ3) is 3.76. The lowest BCUT2D eigenvalue weighted by atomic mass is 9.58. The van der Waals surface area contributed by atoms with Gasteiger partial charge in [-0.25, -0.2) is 8.78 Å². The summed E-state index contributed by atoms with van der Waals surface area (Å²) < 4.78 is 28.4. The van der Waals surface area contributed by atoms with E-state index >= 15 is 0 Å². The summed E-state index contributed by atoms with van der Waals surface area (Å²) in [5.41, 5.74) is 2.94. The zero-order chi connectivity index (χ0) is 19.7. The van der Waals surface area contributed by atoms with Crippen LogP contribution in [0.3, 0.4) is 0 Å². The minimum absolute atomic E-state index is 0.227. The van der Waals surface area contributed by atoms with Crippen molar-refractivity contribution in [2.24, 2.45) is 11.8 Å². The van der Waals surface area contributed by atoms with Crippen LogP contribution in [0.15, 0.2) is 48.6 Å². The van der Waals surface area contributed by atoms with Gasteiger partial charge in [0.1, 0.15) is 11.6 Å². The molecule has 0 nitrogen and oxygen atoms in total. The molecular weight excluding hydrogens is 374 g/mol. The number of hydrogen-bond acceptors (Lipinski definition) is 0. The highest BCUT2D eigenvalue weighted by Gasteiger charge is 2.42. The Morgan fingerprint density at radius 1 is 1.07 bits per heavy atom. The first kappa shape index (κ1) is 19.6. The molecule has 0 N–H and O–H groups in total.